The van der Waals surface area contributed by atoms with Crippen molar-refractivity contribution in [2.45, 2.75) is 32.2 Å². The standard InChI is InChI=1S/C10H18ClN/c1-3-10-5-4-6-12(10)8-9(2)7-11/h10H,2-8H2,1H3. The van der Waals surface area contributed by atoms with Crippen LogP contribution in [-0.4, -0.2) is 29.9 Å². The summed E-state index contributed by atoms with van der Waals surface area (Å²) in [6.45, 7) is 8.42. The summed E-state index contributed by atoms with van der Waals surface area (Å²) in [5, 5.41) is 0. The molecule has 2 heteroatoms. The fraction of sp³-hybridized carbons (Fsp3) is 0.800. The monoisotopic (exact) mass is 187 g/mol. The smallest absolute Gasteiger partial charge is 0.0443 e. The zero-order chi connectivity index (χ0) is 8.97. The van der Waals surface area contributed by atoms with Crippen LogP contribution in [0.2, 0.25) is 0 Å². The summed E-state index contributed by atoms with van der Waals surface area (Å²) in [7, 11) is 0. The van der Waals surface area contributed by atoms with E-state index < -0.39 is 0 Å². The highest BCUT2D eigenvalue weighted by Gasteiger charge is 2.22. The minimum atomic E-state index is 0.604. The minimum Gasteiger partial charge on any atom is -0.296 e. The van der Waals surface area contributed by atoms with Crippen LogP contribution in [0.3, 0.4) is 0 Å². The second kappa shape index (κ2) is 4.88. The first kappa shape index (κ1) is 10.1. The maximum atomic E-state index is 5.70. The maximum Gasteiger partial charge on any atom is 0.0443 e. The van der Waals surface area contributed by atoms with Crippen LogP contribution in [0.5, 0.6) is 0 Å². The van der Waals surface area contributed by atoms with Gasteiger partial charge in [0.1, 0.15) is 0 Å². The van der Waals surface area contributed by atoms with E-state index >= 15 is 0 Å². The Morgan fingerprint density at radius 2 is 2.42 bits per heavy atom. The molecule has 70 valence electrons. The maximum absolute atomic E-state index is 5.70. The molecule has 0 radical (unpaired) electrons. The molecule has 1 unspecified atom stereocenters. The molecule has 12 heavy (non-hydrogen) atoms. The van der Waals surface area contributed by atoms with E-state index in [0.717, 1.165) is 18.2 Å². The summed E-state index contributed by atoms with van der Waals surface area (Å²) in [4.78, 5) is 2.50. The SMILES string of the molecule is C=C(CCl)CN1CCCC1CC. The Hall–Kier alpha value is -0.0100. The van der Waals surface area contributed by atoms with Crippen LogP contribution in [0.25, 0.3) is 0 Å². The molecule has 0 aromatic rings. The van der Waals surface area contributed by atoms with E-state index in [1.54, 1.807) is 0 Å². The Labute approximate surface area is 80.4 Å². The molecule has 0 aliphatic carbocycles. The third kappa shape index (κ3) is 2.49. The van der Waals surface area contributed by atoms with E-state index in [1.165, 1.54) is 25.8 Å². The normalized spacial score (nSPS) is 24.7. The molecule has 1 nitrogen and oxygen atoms in total. The van der Waals surface area contributed by atoms with Crippen molar-refractivity contribution in [2.75, 3.05) is 19.0 Å². The van der Waals surface area contributed by atoms with Gasteiger partial charge in [-0.25, -0.2) is 0 Å². The lowest BCUT2D eigenvalue weighted by Gasteiger charge is -2.23. The highest BCUT2D eigenvalue weighted by atomic mass is 35.5. The molecule has 1 rings (SSSR count). The van der Waals surface area contributed by atoms with E-state index in [-0.39, 0.29) is 0 Å². The van der Waals surface area contributed by atoms with Gasteiger partial charge >= 0.3 is 0 Å². The Kier molecular flexibility index (Phi) is 4.10. The fourth-order valence-corrected chi connectivity index (χ4v) is 1.98. The van der Waals surface area contributed by atoms with Gasteiger partial charge in [-0.1, -0.05) is 13.5 Å². The molecule has 1 aliphatic heterocycles. The van der Waals surface area contributed by atoms with Gasteiger partial charge in [0, 0.05) is 18.5 Å². The Bertz CT molecular complexity index is 156. The number of likely N-dealkylation sites (tertiary alicyclic amines) is 1. The van der Waals surface area contributed by atoms with Gasteiger partial charge in [0.2, 0.25) is 0 Å². The Balaban J connectivity index is 2.35. The van der Waals surface area contributed by atoms with Gasteiger partial charge in [-0.15, -0.1) is 11.6 Å². The molecular formula is C10H18ClN. The molecule has 0 amide bonds. The number of nitrogens with zero attached hydrogens (tertiary/aromatic N) is 1. The molecule has 0 aromatic heterocycles. The van der Waals surface area contributed by atoms with Crippen LogP contribution < -0.4 is 0 Å². The van der Waals surface area contributed by atoms with Gasteiger partial charge < -0.3 is 0 Å². The third-order valence-electron chi connectivity index (χ3n) is 2.59. The highest BCUT2D eigenvalue weighted by molar-refractivity contribution is 6.19. The molecule has 0 aromatic carbocycles. The van der Waals surface area contributed by atoms with Crippen LogP contribution in [0.15, 0.2) is 12.2 Å². The second-order valence-corrected chi connectivity index (χ2v) is 3.83. The van der Waals surface area contributed by atoms with Crippen LogP contribution in [0.1, 0.15) is 26.2 Å². The van der Waals surface area contributed by atoms with Crippen molar-refractivity contribution in [3.05, 3.63) is 12.2 Å². The van der Waals surface area contributed by atoms with Crippen molar-refractivity contribution in [1.82, 2.24) is 4.90 Å². The largest absolute Gasteiger partial charge is 0.296 e. The fourth-order valence-electron chi connectivity index (χ4n) is 1.90. The molecule has 0 N–H and O–H groups in total. The topological polar surface area (TPSA) is 3.24 Å². The number of hydrogen-bond donors (Lipinski definition) is 0. The molecule has 1 saturated heterocycles. The first-order valence-corrected chi connectivity index (χ1v) is 5.28. The second-order valence-electron chi connectivity index (χ2n) is 3.56. The van der Waals surface area contributed by atoms with E-state index in [0.29, 0.717) is 5.88 Å². The molecule has 0 saturated carbocycles. The summed E-state index contributed by atoms with van der Waals surface area (Å²) in [5.41, 5.74) is 1.15. The lowest BCUT2D eigenvalue weighted by molar-refractivity contribution is 0.269. The van der Waals surface area contributed by atoms with Crippen molar-refractivity contribution in [3.63, 3.8) is 0 Å². The molecule has 1 atom stereocenters. The van der Waals surface area contributed by atoms with Crippen LogP contribution in [-0.2, 0) is 0 Å². The number of rotatable bonds is 4. The van der Waals surface area contributed by atoms with Crippen molar-refractivity contribution in [2.24, 2.45) is 0 Å². The van der Waals surface area contributed by atoms with Crippen molar-refractivity contribution in [3.8, 4) is 0 Å². The predicted octanol–water partition coefficient (Wildman–Crippen LogP) is 2.66. The Morgan fingerprint density at radius 1 is 1.67 bits per heavy atom. The van der Waals surface area contributed by atoms with Crippen LogP contribution in [0.4, 0.5) is 0 Å². The van der Waals surface area contributed by atoms with Gasteiger partial charge in [-0.2, -0.15) is 0 Å². The van der Waals surface area contributed by atoms with Gasteiger partial charge in [0.25, 0.3) is 0 Å². The lowest BCUT2D eigenvalue weighted by atomic mass is 10.1. The van der Waals surface area contributed by atoms with Crippen LogP contribution in [0, 0.1) is 0 Å². The summed E-state index contributed by atoms with van der Waals surface area (Å²) in [6.07, 6.45) is 3.95. The zero-order valence-corrected chi connectivity index (χ0v) is 8.61. The first-order chi connectivity index (χ1) is 5.77. The quantitative estimate of drug-likeness (QED) is 0.483. The van der Waals surface area contributed by atoms with Crippen molar-refractivity contribution >= 4 is 11.6 Å². The van der Waals surface area contributed by atoms with Gasteiger partial charge in [-0.05, 0) is 31.4 Å². The summed E-state index contributed by atoms with van der Waals surface area (Å²) >= 11 is 5.70. The van der Waals surface area contributed by atoms with Gasteiger partial charge in [0.15, 0.2) is 0 Å². The molecule has 1 aliphatic rings. The van der Waals surface area contributed by atoms with E-state index in [2.05, 4.69) is 18.4 Å². The molecule has 1 heterocycles. The lowest BCUT2D eigenvalue weighted by Crippen LogP contribution is -2.30. The van der Waals surface area contributed by atoms with Crippen molar-refractivity contribution in [1.29, 1.82) is 0 Å². The summed E-state index contributed by atoms with van der Waals surface area (Å²) in [6, 6.07) is 0.782. The Morgan fingerprint density at radius 3 is 3.00 bits per heavy atom. The summed E-state index contributed by atoms with van der Waals surface area (Å²) in [5.74, 6) is 0.604. The van der Waals surface area contributed by atoms with E-state index in [1.807, 2.05) is 0 Å². The first-order valence-electron chi connectivity index (χ1n) is 4.74. The minimum absolute atomic E-state index is 0.604. The van der Waals surface area contributed by atoms with Crippen molar-refractivity contribution < 1.29 is 0 Å². The average Bonchev–Trinajstić information content (AvgIpc) is 2.51. The van der Waals surface area contributed by atoms with E-state index in [9.17, 15) is 0 Å². The summed E-state index contributed by atoms with van der Waals surface area (Å²) < 4.78 is 0. The van der Waals surface area contributed by atoms with E-state index in [4.69, 9.17) is 11.6 Å². The third-order valence-corrected chi connectivity index (χ3v) is 2.96. The number of hydrogen-bond acceptors (Lipinski definition) is 1. The molecule has 0 spiro atoms. The molecule has 1 fully saturated rings. The molecular weight excluding hydrogens is 170 g/mol. The molecule has 0 bridgehead atoms. The number of alkyl halides is 1. The van der Waals surface area contributed by atoms with Gasteiger partial charge in [-0.3, -0.25) is 4.90 Å². The number of halogens is 1. The zero-order valence-electron chi connectivity index (χ0n) is 7.85. The van der Waals surface area contributed by atoms with Crippen LogP contribution >= 0.6 is 11.6 Å². The average molecular weight is 188 g/mol. The highest BCUT2D eigenvalue weighted by Crippen LogP contribution is 2.20. The van der Waals surface area contributed by atoms with Gasteiger partial charge in [0.05, 0.1) is 0 Å². The predicted molar refractivity (Wildman–Crippen MR) is 54.7 cm³/mol.